The summed E-state index contributed by atoms with van der Waals surface area (Å²) in [5.41, 5.74) is 2.56. The van der Waals surface area contributed by atoms with Gasteiger partial charge in [0.2, 0.25) is 0 Å². The molecule has 0 amide bonds. The van der Waals surface area contributed by atoms with Crippen molar-refractivity contribution in [2.45, 2.75) is 23.5 Å². The molecule has 19 heavy (non-hydrogen) atoms. The molecular weight excluding hydrogens is 276 g/mol. The topological polar surface area (TPSA) is 9.23 Å². The fraction of sp³-hybridized carbons (Fsp3) is 0.250. The van der Waals surface area contributed by atoms with Crippen molar-refractivity contribution >= 4 is 23.4 Å². The normalized spacial score (nSPS) is 17.3. The van der Waals surface area contributed by atoms with Gasteiger partial charge in [-0.3, -0.25) is 0 Å². The van der Waals surface area contributed by atoms with Crippen LogP contribution in [0.4, 0.5) is 0 Å². The number of hydrogen-bond acceptors (Lipinski definition) is 2. The molecule has 0 fully saturated rings. The Balaban J connectivity index is 1.64. The average Bonchev–Trinajstić information content (AvgIpc) is 2.82. The highest BCUT2D eigenvalue weighted by atomic mass is 35.5. The molecule has 0 aromatic heterocycles. The van der Waals surface area contributed by atoms with Crippen molar-refractivity contribution in [3.8, 4) is 5.75 Å². The van der Waals surface area contributed by atoms with Crippen LogP contribution in [0, 0.1) is 6.92 Å². The molecule has 3 rings (SSSR count). The predicted octanol–water partition coefficient (Wildman–Crippen LogP) is 4.74. The van der Waals surface area contributed by atoms with E-state index < -0.39 is 0 Å². The van der Waals surface area contributed by atoms with Gasteiger partial charge in [0, 0.05) is 15.2 Å². The zero-order valence-electron chi connectivity index (χ0n) is 10.7. The van der Waals surface area contributed by atoms with Crippen LogP contribution in [-0.2, 0) is 6.42 Å². The van der Waals surface area contributed by atoms with Crippen LogP contribution in [0.15, 0.2) is 47.4 Å². The molecule has 98 valence electrons. The first kappa shape index (κ1) is 12.9. The zero-order valence-corrected chi connectivity index (χ0v) is 12.3. The Morgan fingerprint density at radius 1 is 1.26 bits per heavy atom. The average molecular weight is 291 g/mol. The first-order valence-corrected chi connectivity index (χ1v) is 7.61. The van der Waals surface area contributed by atoms with Crippen molar-refractivity contribution in [1.82, 2.24) is 0 Å². The lowest BCUT2D eigenvalue weighted by Crippen LogP contribution is -2.13. The maximum absolute atomic E-state index is 6.00. The molecule has 0 bridgehead atoms. The van der Waals surface area contributed by atoms with Crippen molar-refractivity contribution in [3.63, 3.8) is 0 Å². The molecule has 3 heteroatoms. The monoisotopic (exact) mass is 290 g/mol. The Kier molecular flexibility index (Phi) is 3.72. The van der Waals surface area contributed by atoms with E-state index in [-0.39, 0.29) is 0 Å². The maximum Gasteiger partial charge on any atom is 0.123 e. The summed E-state index contributed by atoms with van der Waals surface area (Å²) in [7, 11) is 0. The van der Waals surface area contributed by atoms with E-state index in [1.54, 1.807) is 0 Å². The van der Waals surface area contributed by atoms with E-state index in [0.717, 1.165) is 29.4 Å². The van der Waals surface area contributed by atoms with Crippen LogP contribution in [0.3, 0.4) is 0 Å². The van der Waals surface area contributed by atoms with Gasteiger partial charge >= 0.3 is 0 Å². The molecule has 1 aliphatic heterocycles. The number of rotatable bonds is 3. The molecule has 2 aromatic rings. The molecule has 1 heterocycles. The quantitative estimate of drug-likeness (QED) is 0.807. The smallest absolute Gasteiger partial charge is 0.123 e. The maximum atomic E-state index is 6.00. The summed E-state index contributed by atoms with van der Waals surface area (Å²) in [6, 6.07) is 14.4. The molecule has 0 aliphatic carbocycles. The van der Waals surface area contributed by atoms with Gasteiger partial charge in [0.25, 0.3) is 0 Å². The fourth-order valence-corrected chi connectivity index (χ4v) is 3.64. The summed E-state index contributed by atoms with van der Waals surface area (Å²) >= 11 is 7.91. The third-order valence-corrected chi connectivity index (χ3v) is 4.81. The van der Waals surface area contributed by atoms with Crippen LogP contribution in [-0.4, -0.2) is 11.9 Å². The van der Waals surface area contributed by atoms with E-state index in [9.17, 15) is 0 Å². The van der Waals surface area contributed by atoms with E-state index in [1.165, 1.54) is 10.5 Å². The van der Waals surface area contributed by atoms with Crippen LogP contribution in [0.2, 0.25) is 5.02 Å². The van der Waals surface area contributed by atoms with E-state index in [2.05, 4.69) is 24.3 Å². The van der Waals surface area contributed by atoms with Crippen molar-refractivity contribution in [2.75, 3.05) is 6.61 Å². The summed E-state index contributed by atoms with van der Waals surface area (Å²) in [5.74, 6) is 0.893. The van der Waals surface area contributed by atoms with Gasteiger partial charge in [0.15, 0.2) is 0 Å². The van der Waals surface area contributed by atoms with Crippen LogP contribution in [0.1, 0.15) is 11.1 Å². The van der Waals surface area contributed by atoms with E-state index >= 15 is 0 Å². The van der Waals surface area contributed by atoms with E-state index in [0.29, 0.717) is 5.25 Å². The standard InChI is InChI=1S/C16H15ClOS/c1-11-6-7-13(17)9-15(11)18-10-14-8-12-4-2-3-5-16(12)19-14/h2-7,9,14H,8,10H2,1H3. The molecule has 0 radical (unpaired) electrons. The molecular formula is C16H15ClOS. The molecule has 1 unspecified atom stereocenters. The molecule has 0 spiro atoms. The molecule has 1 aliphatic rings. The first-order valence-electron chi connectivity index (χ1n) is 6.36. The zero-order chi connectivity index (χ0) is 13.2. The van der Waals surface area contributed by atoms with Crippen molar-refractivity contribution < 1.29 is 4.74 Å². The largest absolute Gasteiger partial charge is 0.492 e. The number of halogens is 1. The van der Waals surface area contributed by atoms with Crippen molar-refractivity contribution in [3.05, 3.63) is 58.6 Å². The minimum absolute atomic E-state index is 0.496. The minimum atomic E-state index is 0.496. The third-order valence-electron chi connectivity index (χ3n) is 3.29. The molecule has 0 saturated carbocycles. The Bertz CT molecular complexity index is 572. The van der Waals surface area contributed by atoms with Gasteiger partial charge in [-0.1, -0.05) is 35.9 Å². The van der Waals surface area contributed by atoms with E-state index in [4.69, 9.17) is 16.3 Å². The van der Waals surface area contributed by atoms with Crippen LogP contribution < -0.4 is 4.74 Å². The minimum Gasteiger partial charge on any atom is -0.492 e. The van der Waals surface area contributed by atoms with Gasteiger partial charge in [-0.25, -0.2) is 0 Å². The summed E-state index contributed by atoms with van der Waals surface area (Å²) < 4.78 is 5.93. The second-order valence-corrected chi connectivity index (χ2v) is 6.55. The highest BCUT2D eigenvalue weighted by molar-refractivity contribution is 8.00. The van der Waals surface area contributed by atoms with Crippen molar-refractivity contribution in [1.29, 1.82) is 0 Å². The van der Waals surface area contributed by atoms with Crippen LogP contribution >= 0.6 is 23.4 Å². The van der Waals surface area contributed by atoms with Gasteiger partial charge < -0.3 is 4.74 Å². The lowest BCUT2D eigenvalue weighted by Gasteiger charge is -2.13. The number of fused-ring (bicyclic) bond motifs is 1. The van der Waals surface area contributed by atoms with Crippen molar-refractivity contribution in [2.24, 2.45) is 0 Å². The second-order valence-electron chi connectivity index (χ2n) is 4.77. The number of aryl methyl sites for hydroxylation is 1. The molecule has 1 nitrogen and oxygen atoms in total. The first-order chi connectivity index (χ1) is 9.22. The summed E-state index contributed by atoms with van der Waals surface area (Å²) in [6.45, 7) is 2.77. The van der Waals surface area contributed by atoms with E-state index in [1.807, 2.05) is 36.9 Å². The summed E-state index contributed by atoms with van der Waals surface area (Å²) in [5, 5.41) is 1.22. The third kappa shape index (κ3) is 2.90. The molecule has 2 aromatic carbocycles. The summed E-state index contributed by atoms with van der Waals surface area (Å²) in [6.07, 6.45) is 1.08. The Morgan fingerprint density at radius 3 is 2.95 bits per heavy atom. The van der Waals surface area contributed by atoms with Gasteiger partial charge in [0.1, 0.15) is 12.4 Å². The summed E-state index contributed by atoms with van der Waals surface area (Å²) in [4.78, 5) is 1.39. The molecule has 0 N–H and O–H groups in total. The molecule has 1 atom stereocenters. The lowest BCUT2D eigenvalue weighted by molar-refractivity contribution is 0.315. The SMILES string of the molecule is Cc1ccc(Cl)cc1OCC1Cc2ccccc2S1. The predicted molar refractivity (Wildman–Crippen MR) is 81.5 cm³/mol. The number of ether oxygens (including phenoxy) is 1. The van der Waals surface area contributed by atoms with Gasteiger partial charge in [-0.05, 0) is 42.7 Å². The highest BCUT2D eigenvalue weighted by Crippen LogP contribution is 2.37. The second kappa shape index (κ2) is 5.48. The van der Waals surface area contributed by atoms with Gasteiger partial charge in [-0.15, -0.1) is 11.8 Å². The van der Waals surface area contributed by atoms with Crippen LogP contribution in [0.5, 0.6) is 5.75 Å². The van der Waals surface area contributed by atoms with Gasteiger partial charge in [0.05, 0.1) is 0 Å². The highest BCUT2D eigenvalue weighted by Gasteiger charge is 2.22. The van der Waals surface area contributed by atoms with Crippen LogP contribution in [0.25, 0.3) is 0 Å². The number of thioether (sulfide) groups is 1. The van der Waals surface area contributed by atoms with Gasteiger partial charge in [-0.2, -0.15) is 0 Å². The Labute approximate surface area is 122 Å². The lowest BCUT2D eigenvalue weighted by atomic mass is 10.1. The Hall–Kier alpha value is -1.12. The number of hydrogen-bond donors (Lipinski definition) is 0. The Morgan fingerprint density at radius 2 is 2.11 bits per heavy atom. The fourth-order valence-electron chi connectivity index (χ4n) is 2.26. The number of benzene rings is 2. The molecule has 0 saturated heterocycles.